The molecule has 1 saturated heterocycles. The molecule has 1 atom stereocenters. The van der Waals surface area contributed by atoms with Crippen LogP contribution in [0.2, 0.25) is 0 Å². The Labute approximate surface area is 125 Å². The van der Waals surface area contributed by atoms with Gasteiger partial charge in [-0.05, 0) is 61.2 Å². The number of rotatable bonds is 2. The van der Waals surface area contributed by atoms with Crippen molar-refractivity contribution in [2.45, 2.75) is 25.7 Å². The summed E-state index contributed by atoms with van der Waals surface area (Å²) in [6.45, 7) is 2.02. The van der Waals surface area contributed by atoms with E-state index in [4.69, 9.17) is 0 Å². The number of likely N-dealkylation sites (tertiary alicyclic amines) is 1. The van der Waals surface area contributed by atoms with Crippen molar-refractivity contribution in [3.8, 4) is 0 Å². The number of ketones is 1. The highest BCUT2D eigenvalue weighted by Gasteiger charge is 2.27. The molecule has 0 radical (unpaired) electrons. The Bertz CT molecular complexity index is 709. The van der Waals surface area contributed by atoms with E-state index in [0.717, 1.165) is 44.3 Å². The molecule has 108 valence electrons. The number of nitrogens with zero attached hydrogens (tertiary/aromatic N) is 1. The van der Waals surface area contributed by atoms with Gasteiger partial charge in [-0.3, -0.25) is 4.79 Å². The molecule has 1 fully saturated rings. The quantitative estimate of drug-likeness (QED) is 0.785. The van der Waals surface area contributed by atoms with E-state index in [2.05, 4.69) is 42.3 Å². The predicted molar refractivity (Wildman–Crippen MR) is 85.9 cm³/mol. The van der Waals surface area contributed by atoms with Gasteiger partial charge >= 0.3 is 0 Å². The van der Waals surface area contributed by atoms with Gasteiger partial charge in [-0.2, -0.15) is 0 Å². The lowest BCUT2D eigenvalue weighted by Crippen LogP contribution is -2.36. The maximum atomic E-state index is 13.0. The molecule has 0 unspecified atom stereocenters. The van der Waals surface area contributed by atoms with E-state index < -0.39 is 0 Å². The van der Waals surface area contributed by atoms with Gasteiger partial charge in [0, 0.05) is 18.0 Å². The highest BCUT2D eigenvalue weighted by Crippen LogP contribution is 2.34. The highest BCUT2D eigenvalue weighted by molar-refractivity contribution is 6.11. The normalized spacial score (nSPS) is 21.9. The molecular weight excluding hydrogens is 258 g/mol. The SMILES string of the molecule is CN1CCC[C@H](C(=O)c2ccc3c4c(cccc24)CC3)C1. The molecule has 0 bridgehead atoms. The van der Waals surface area contributed by atoms with E-state index in [0.29, 0.717) is 5.78 Å². The molecule has 2 nitrogen and oxygen atoms in total. The molecule has 4 rings (SSSR count). The van der Waals surface area contributed by atoms with Crippen LogP contribution in [-0.2, 0) is 12.8 Å². The van der Waals surface area contributed by atoms with E-state index in [-0.39, 0.29) is 5.92 Å². The van der Waals surface area contributed by atoms with Crippen LogP contribution in [0.25, 0.3) is 10.8 Å². The molecular formula is C19H21NO. The fourth-order valence-corrected chi connectivity index (χ4v) is 4.06. The molecule has 1 heterocycles. The Balaban J connectivity index is 1.79. The van der Waals surface area contributed by atoms with E-state index in [1.54, 1.807) is 0 Å². The van der Waals surface area contributed by atoms with Crippen molar-refractivity contribution < 1.29 is 4.79 Å². The van der Waals surface area contributed by atoms with Crippen LogP contribution in [0.1, 0.15) is 34.3 Å². The third kappa shape index (κ3) is 2.09. The summed E-state index contributed by atoms with van der Waals surface area (Å²) in [6.07, 6.45) is 4.41. The van der Waals surface area contributed by atoms with Crippen LogP contribution >= 0.6 is 0 Å². The summed E-state index contributed by atoms with van der Waals surface area (Å²) in [5, 5.41) is 2.54. The number of benzene rings is 2. The van der Waals surface area contributed by atoms with Crippen LogP contribution in [0, 0.1) is 5.92 Å². The van der Waals surface area contributed by atoms with Gasteiger partial charge in [0.2, 0.25) is 0 Å². The lowest BCUT2D eigenvalue weighted by Gasteiger charge is -2.29. The van der Waals surface area contributed by atoms with Gasteiger partial charge < -0.3 is 4.90 Å². The van der Waals surface area contributed by atoms with Crippen molar-refractivity contribution in [3.63, 3.8) is 0 Å². The highest BCUT2D eigenvalue weighted by atomic mass is 16.1. The van der Waals surface area contributed by atoms with E-state index >= 15 is 0 Å². The third-order valence-electron chi connectivity index (χ3n) is 5.14. The minimum Gasteiger partial charge on any atom is -0.306 e. The van der Waals surface area contributed by atoms with Gasteiger partial charge in [0.25, 0.3) is 0 Å². The molecule has 0 aromatic heterocycles. The second-order valence-electron chi connectivity index (χ2n) is 6.58. The second-order valence-corrected chi connectivity index (χ2v) is 6.58. The Morgan fingerprint density at radius 1 is 1.14 bits per heavy atom. The Morgan fingerprint density at radius 3 is 2.76 bits per heavy atom. The Kier molecular flexibility index (Phi) is 3.07. The van der Waals surface area contributed by atoms with E-state index in [1.165, 1.54) is 21.9 Å². The van der Waals surface area contributed by atoms with Crippen molar-refractivity contribution in [1.82, 2.24) is 4.90 Å². The van der Waals surface area contributed by atoms with Crippen LogP contribution in [0.4, 0.5) is 0 Å². The standard InChI is InChI=1S/C19H21NO/c1-20-11-3-5-15(12-20)19(21)17-10-9-14-8-7-13-4-2-6-16(17)18(13)14/h2,4,6,9-10,15H,3,5,7-8,11-12H2,1H3/t15-/m0/s1. The minimum atomic E-state index is 0.169. The van der Waals surface area contributed by atoms with Crippen molar-refractivity contribution in [1.29, 1.82) is 0 Å². The van der Waals surface area contributed by atoms with Gasteiger partial charge in [0.05, 0.1) is 0 Å². The fraction of sp³-hybridized carbons (Fsp3) is 0.421. The van der Waals surface area contributed by atoms with Gasteiger partial charge in [-0.1, -0.05) is 30.3 Å². The largest absolute Gasteiger partial charge is 0.306 e. The first-order valence-electron chi connectivity index (χ1n) is 8.00. The average molecular weight is 279 g/mol. The van der Waals surface area contributed by atoms with Crippen molar-refractivity contribution in [2.75, 3.05) is 20.1 Å². The molecule has 21 heavy (non-hydrogen) atoms. The zero-order valence-electron chi connectivity index (χ0n) is 12.6. The lowest BCUT2D eigenvalue weighted by molar-refractivity contribution is 0.0845. The minimum absolute atomic E-state index is 0.169. The number of Topliss-reactive ketones (excluding diaryl/α,β-unsaturated/α-hetero) is 1. The predicted octanol–water partition coefficient (Wildman–Crippen LogP) is 3.46. The summed E-state index contributed by atoms with van der Waals surface area (Å²) in [7, 11) is 2.12. The first kappa shape index (κ1) is 13.0. The molecule has 1 aliphatic heterocycles. The van der Waals surface area contributed by atoms with Crippen LogP contribution in [0.5, 0.6) is 0 Å². The molecule has 2 aromatic carbocycles. The number of hydrogen-bond acceptors (Lipinski definition) is 2. The maximum Gasteiger partial charge on any atom is 0.167 e. The summed E-state index contributed by atoms with van der Waals surface area (Å²) < 4.78 is 0. The zero-order chi connectivity index (χ0) is 14.4. The first-order valence-corrected chi connectivity index (χ1v) is 8.00. The molecule has 2 heteroatoms. The van der Waals surface area contributed by atoms with Gasteiger partial charge in [-0.25, -0.2) is 0 Å². The van der Waals surface area contributed by atoms with Crippen LogP contribution in [0.3, 0.4) is 0 Å². The van der Waals surface area contributed by atoms with E-state index in [9.17, 15) is 4.79 Å². The molecule has 2 aromatic rings. The van der Waals surface area contributed by atoms with Crippen molar-refractivity contribution in [2.24, 2.45) is 5.92 Å². The van der Waals surface area contributed by atoms with Gasteiger partial charge in [0.1, 0.15) is 0 Å². The molecule has 1 aliphatic carbocycles. The Hall–Kier alpha value is -1.67. The van der Waals surface area contributed by atoms with Gasteiger partial charge in [-0.15, -0.1) is 0 Å². The van der Waals surface area contributed by atoms with Crippen LogP contribution in [-0.4, -0.2) is 30.8 Å². The Morgan fingerprint density at radius 2 is 1.95 bits per heavy atom. The topological polar surface area (TPSA) is 20.3 Å². The smallest absolute Gasteiger partial charge is 0.167 e. The lowest BCUT2D eigenvalue weighted by atomic mass is 9.87. The first-order chi connectivity index (χ1) is 10.2. The monoisotopic (exact) mass is 279 g/mol. The number of carbonyl (C=O) groups is 1. The van der Waals surface area contributed by atoms with Crippen LogP contribution in [0.15, 0.2) is 30.3 Å². The maximum absolute atomic E-state index is 13.0. The molecule has 0 spiro atoms. The summed E-state index contributed by atoms with van der Waals surface area (Å²) >= 11 is 0. The third-order valence-corrected chi connectivity index (χ3v) is 5.14. The van der Waals surface area contributed by atoms with E-state index in [1.807, 2.05) is 0 Å². The van der Waals surface area contributed by atoms with Crippen molar-refractivity contribution >= 4 is 16.6 Å². The zero-order valence-corrected chi connectivity index (χ0v) is 12.6. The average Bonchev–Trinajstić information content (AvgIpc) is 2.92. The summed E-state index contributed by atoms with van der Waals surface area (Å²) in [6, 6.07) is 10.7. The molecule has 0 saturated carbocycles. The summed E-state index contributed by atoms with van der Waals surface area (Å²) in [5.41, 5.74) is 3.77. The molecule has 0 amide bonds. The molecule has 0 N–H and O–H groups in total. The summed E-state index contributed by atoms with van der Waals surface area (Å²) in [4.78, 5) is 15.3. The van der Waals surface area contributed by atoms with Crippen molar-refractivity contribution in [3.05, 3.63) is 47.0 Å². The fourth-order valence-electron chi connectivity index (χ4n) is 4.06. The second kappa shape index (κ2) is 4.96. The number of hydrogen-bond donors (Lipinski definition) is 0. The van der Waals surface area contributed by atoms with Gasteiger partial charge in [0.15, 0.2) is 5.78 Å². The molecule has 2 aliphatic rings. The summed E-state index contributed by atoms with van der Waals surface area (Å²) in [5.74, 6) is 0.513. The number of piperidine rings is 1. The van der Waals surface area contributed by atoms with Crippen LogP contribution < -0.4 is 0 Å². The number of aryl methyl sites for hydroxylation is 2. The number of carbonyl (C=O) groups excluding carboxylic acids is 1.